The number of hydrogen-bond acceptors (Lipinski definition) is 5. The molecule has 0 fully saturated rings. The number of carboxylic acid groups (broad SMARTS) is 1. The third kappa shape index (κ3) is 4.66. The van der Waals surface area contributed by atoms with Gasteiger partial charge >= 0.3 is 11.9 Å². The Morgan fingerprint density at radius 3 is 1.67 bits per heavy atom. The van der Waals surface area contributed by atoms with Crippen LogP contribution >= 0.6 is 0 Å². The van der Waals surface area contributed by atoms with Crippen LogP contribution in [0, 0.1) is 0 Å². The summed E-state index contributed by atoms with van der Waals surface area (Å²) in [6.07, 6.45) is 5.54. The quantitative estimate of drug-likeness (QED) is 0.229. The van der Waals surface area contributed by atoms with Crippen LogP contribution < -0.4 is 0 Å². The van der Waals surface area contributed by atoms with E-state index in [4.69, 9.17) is 4.74 Å². The van der Waals surface area contributed by atoms with Crippen LogP contribution in [0.3, 0.4) is 0 Å². The molecule has 39 heavy (non-hydrogen) atoms. The number of ether oxygens (including phenoxy) is 1. The number of carbonyl (C=O) groups excluding carboxylic acids is 1. The van der Waals surface area contributed by atoms with Gasteiger partial charge in [0, 0.05) is 27.8 Å². The highest BCUT2D eigenvalue weighted by atomic mass is 16.6. The van der Waals surface area contributed by atoms with Gasteiger partial charge in [0.25, 0.3) is 0 Å². The molecule has 0 unspecified atom stereocenters. The summed E-state index contributed by atoms with van der Waals surface area (Å²) in [5, 5.41) is 32.5. The standard InChI is InChI=1S/C33H38O6/c1-5-10-20-16-18-26(34)22(12-7-3)29(20)33(25-15-9-14-24(31(36)37)28(25)32(38)39-33)30-21(11-6-2)17-19-27(35)23(30)13-8-4/h9,14-19,34-35H,5-8,10-13H2,1-4H3,(H,36,37). The molecule has 1 heterocycles. The first-order valence-electron chi connectivity index (χ1n) is 14.0. The molecule has 0 atom stereocenters. The fourth-order valence-electron chi connectivity index (χ4n) is 6.19. The van der Waals surface area contributed by atoms with Crippen molar-refractivity contribution in [3.05, 3.63) is 92.5 Å². The predicted molar refractivity (Wildman–Crippen MR) is 151 cm³/mol. The van der Waals surface area contributed by atoms with E-state index in [1.165, 1.54) is 6.07 Å². The van der Waals surface area contributed by atoms with Crippen molar-refractivity contribution in [1.82, 2.24) is 0 Å². The minimum atomic E-state index is -1.53. The van der Waals surface area contributed by atoms with E-state index < -0.39 is 17.5 Å². The molecular formula is C33H38O6. The molecule has 1 aliphatic heterocycles. The zero-order chi connectivity index (χ0) is 28.3. The molecule has 0 bridgehead atoms. The Morgan fingerprint density at radius 2 is 1.23 bits per heavy atom. The number of fused-ring (bicyclic) bond motifs is 1. The molecule has 6 nitrogen and oxygen atoms in total. The van der Waals surface area contributed by atoms with Gasteiger partial charge in [0.15, 0.2) is 5.60 Å². The molecule has 0 saturated heterocycles. The number of esters is 1. The number of hydrogen-bond donors (Lipinski definition) is 3. The second-order valence-corrected chi connectivity index (χ2v) is 10.3. The minimum absolute atomic E-state index is 0.0199. The number of aromatic hydroxyl groups is 2. The summed E-state index contributed by atoms with van der Waals surface area (Å²) in [5.74, 6) is -1.71. The molecule has 1 aliphatic rings. The number of cyclic esters (lactones) is 1. The number of phenols is 2. The van der Waals surface area contributed by atoms with E-state index in [2.05, 4.69) is 13.8 Å². The number of rotatable bonds is 11. The third-order valence-electron chi connectivity index (χ3n) is 7.62. The van der Waals surface area contributed by atoms with Gasteiger partial charge in [-0.1, -0.05) is 77.6 Å². The molecule has 3 aromatic rings. The predicted octanol–water partition coefficient (Wildman–Crippen LogP) is 7.07. The lowest BCUT2D eigenvalue weighted by Gasteiger charge is -2.37. The Bertz CT molecular complexity index is 1340. The van der Waals surface area contributed by atoms with Crippen LogP contribution in [0.25, 0.3) is 0 Å². The van der Waals surface area contributed by atoms with Gasteiger partial charge < -0.3 is 20.1 Å². The van der Waals surface area contributed by atoms with Gasteiger partial charge in [0.2, 0.25) is 0 Å². The van der Waals surface area contributed by atoms with Crippen LogP contribution in [0.15, 0.2) is 42.5 Å². The Labute approximate surface area is 230 Å². The number of aromatic carboxylic acids is 1. The molecule has 0 radical (unpaired) electrons. The number of phenolic OH excluding ortho intramolecular Hbond substituents is 2. The Kier molecular flexibility index (Phi) is 8.34. The SMILES string of the molecule is CCCc1ccc(O)c(CCC)c1C1(c2c(CCC)ccc(O)c2CCC)OC(=O)c2c(C(=O)O)cccc21. The van der Waals surface area contributed by atoms with E-state index in [0.717, 1.165) is 36.8 Å². The zero-order valence-electron chi connectivity index (χ0n) is 23.3. The monoisotopic (exact) mass is 530 g/mol. The first kappa shape index (κ1) is 28.2. The largest absolute Gasteiger partial charge is 0.508 e. The lowest BCUT2D eigenvalue weighted by molar-refractivity contribution is 0.0237. The van der Waals surface area contributed by atoms with Crippen molar-refractivity contribution >= 4 is 11.9 Å². The lowest BCUT2D eigenvalue weighted by Crippen LogP contribution is -2.35. The molecule has 206 valence electrons. The average molecular weight is 531 g/mol. The maximum absolute atomic E-state index is 13.8. The number of carbonyl (C=O) groups is 2. The Balaban J connectivity index is 2.31. The van der Waals surface area contributed by atoms with Gasteiger partial charge in [0.1, 0.15) is 11.5 Å². The summed E-state index contributed by atoms with van der Waals surface area (Å²) in [5.41, 5.74) is 3.38. The van der Waals surface area contributed by atoms with Crippen molar-refractivity contribution in [2.75, 3.05) is 0 Å². The van der Waals surface area contributed by atoms with Crippen LogP contribution in [0.1, 0.15) is 113 Å². The van der Waals surface area contributed by atoms with Crippen molar-refractivity contribution in [2.45, 2.75) is 84.7 Å². The maximum Gasteiger partial charge on any atom is 0.341 e. The molecule has 0 spiro atoms. The average Bonchev–Trinajstić information content (AvgIpc) is 3.21. The van der Waals surface area contributed by atoms with E-state index in [-0.39, 0.29) is 22.6 Å². The summed E-state index contributed by atoms with van der Waals surface area (Å²) in [7, 11) is 0. The number of carboxylic acids is 1. The van der Waals surface area contributed by atoms with E-state index in [0.29, 0.717) is 53.5 Å². The highest BCUT2D eigenvalue weighted by Crippen LogP contribution is 2.54. The fraction of sp³-hybridized carbons (Fsp3) is 0.394. The number of aryl methyl sites for hydroxylation is 2. The van der Waals surface area contributed by atoms with Gasteiger partial charge in [0.05, 0.1) is 11.1 Å². The summed E-state index contributed by atoms with van der Waals surface area (Å²) in [6, 6.07) is 12.0. The van der Waals surface area contributed by atoms with E-state index >= 15 is 0 Å². The fourth-order valence-corrected chi connectivity index (χ4v) is 6.19. The summed E-state index contributed by atoms with van der Waals surface area (Å²) < 4.78 is 6.52. The van der Waals surface area contributed by atoms with Gasteiger partial charge in [-0.2, -0.15) is 0 Å². The van der Waals surface area contributed by atoms with Crippen molar-refractivity contribution in [1.29, 1.82) is 0 Å². The molecule has 4 rings (SSSR count). The van der Waals surface area contributed by atoms with Gasteiger partial charge in [-0.25, -0.2) is 9.59 Å². The van der Waals surface area contributed by atoms with Crippen molar-refractivity contribution < 1.29 is 29.6 Å². The first-order chi connectivity index (χ1) is 18.8. The van der Waals surface area contributed by atoms with Crippen molar-refractivity contribution in [3.8, 4) is 11.5 Å². The summed E-state index contributed by atoms with van der Waals surface area (Å²) in [4.78, 5) is 26.1. The van der Waals surface area contributed by atoms with Crippen LogP contribution in [0.2, 0.25) is 0 Å². The smallest absolute Gasteiger partial charge is 0.341 e. The van der Waals surface area contributed by atoms with Crippen molar-refractivity contribution in [2.24, 2.45) is 0 Å². The van der Waals surface area contributed by atoms with E-state index in [9.17, 15) is 24.9 Å². The second-order valence-electron chi connectivity index (χ2n) is 10.3. The molecule has 0 amide bonds. The maximum atomic E-state index is 13.8. The molecule has 0 aliphatic carbocycles. The van der Waals surface area contributed by atoms with E-state index in [1.54, 1.807) is 24.3 Å². The molecule has 3 aromatic carbocycles. The molecule has 6 heteroatoms. The van der Waals surface area contributed by atoms with Crippen LogP contribution in [-0.4, -0.2) is 27.3 Å². The molecular weight excluding hydrogens is 492 g/mol. The normalized spacial score (nSPS) is 13.8. The van der Waals surface area contributed by atoms with Gasteiger partial charge in [-0.05, 0) is 55.0 Å². The first-order valence-corrected chi connectivity index (χ1v) is 14.0. The summed E-state index contributed by atoms with van der Waals surface area (Å²) in [6.45, 7) is 8.19. The highest BCUT2D eigenvalue weighted by molar-refractivity contribution is 6.06. The Morgan fingerprint density at radius 1 is 0.744 bits per heavy atom. The van der Waals surface area contributed by atoms with Crippen LogP contribution in [0.4, 0.5) is 0 Å². The lowest BCUT2D eigenvalue weighted by atomic mass is 9.70. The molecule has 0 saturated carbocycles. The van der Waals surface area contributed by atoms with Gasteiger partial charge in [-0.3, -0.25) is 0 Å². The minimum Gasteiger partial charge on any atom is -0.508 e. The Hall–Kier alpha value is -3.80. The van der Waals surface area contributed by atoms with Crippen LogP contribution in [0.5, 0.6) is 11.5 Å². The second kappa shape index (κ2) is 11.5. The van der Waals surface area contributed by atoms with Gasteiger partial charge in [-0.15, -0.1) is 0 Å². The number of benzene rings is 3. The van der Waals surface area contributed by atoms with Crippen LogP contribution in [-0.2, 0) is 36.0 Å². The molecule has 3 N–H and O–H groups in total. The van der Waals surface area contributed by atoms with E-state index in [1.807, 2.05) is 26.0 Å². The van der Waals surface area contributed by atoms with Crippen molar-refractivity contribution in [3.63, 3.8) is 0 Å². The zero-order valence-corrected chi connectivity index (χ0v) is 23.3. The molecule has 0 aromatic heterocycles. The highest BCUT2D eigenvalue weighted by Gasteiger charge is 2.54. The topological polar surface area (TPSA) is 104 Å². The summed E-state index contributed by atoms with van der Waals surface area (Å²) >= 11 is 0. The third-order valence-corrected chi connectivity index (χ3v) is 7.62.